The summed E-state index contributed by atoms with van der Waals surface area (Å²) in [4.78, 5) is 10.9. The lowest BCUT2D eigenvalue weighted by Gasteiger charge is -2.02. The van der Waals surface area contributed by atoms with Crippen molar-refractivity contribution in [1.82, 2.24) is 0 Å². The Morgan fingerprint density at radius 2 is 2.19 bits per heavy atom. The fourth-order valence-corrected chi connectivity index (χ4v) is 1.08. The van der Waals surface area contributed by atoms with Crippen LogP contribution < -0.4 is 5.73 Å². The molecular formula is C11H11F2NO2. The zero-order chi connectivity index (χ0) is 12.1. The third-order valence-corrected chi connectivity index (χ3v) is 1.83. The molecule has 2 N–H and O–H groups in total. The van der Waals surface area contributed by atoms with Gasteiger partial charge in [-0.1, -0.05) is 0 Å². The van der Waals surface area contributed by atoms with E-state index < -0.39 is 17.6 Å². The summed E-state index contributed by atoms with van der Waals surface area (Å²) >= 11 is 0. The number of hydrogen-bond acceptors (Lipinski definition) is 3. The lowest BCUT2D eigenvalue weighted by molar-refractivity contribution is -0.137. The molecule has 1 aromatic rings. The standard InChI is InChI=1S/C11H11F2NO2/c1-2-16-10(15)6-3-7-8(12)4-5-9(14)11(7)13/h3-6H,2,14H2,1H3. The van der Waals surface area contributed by atoms with E-state index in [-0.39, 0.29) is 17.9 Å². The number of anilines is 1. The first-order valence-corrected chi connectivity index (χ1v) is 4.64. The lowest BCUT2D eigenvalue weighted by atomic mass is 10.1. The van der Waals surface area contributed by atoms with E-state index in [1.807, 2.05) is 0 Å². The van der Waals surface area contributed by atoms with Crippen molar-refractivity contribution in [2.75, 3.05) is 12.3 Å². The molecule has 0 aliphatic rings. The summed E-state index contributed by atoms with van der Waals surface area (Å²) in [6.07, 6.45) is 1.95. The zero-order valence-electron chi connectivity index (χ0n) is 8.67. The van der Waals surface area contributed by atoms with Crippen LogP contribution in [0, 0.1) is 11.6 Å². The number of rotatable bonds is 3. The van der Waals surface area contributed by atoms with E-state index in [2.05, 4.69) is 4.74 Å². The molecule has 3 nitrogen and oxygen atoms in total. The SMILES string of the molecule is CCOC(=O)C=Cc1c(F)ccc(N)c1F. The average Bonchev–Trinajstić information content (AvgIpc) is 2.24. The highest BCUT2D eigenvalue weighted by molar-refractivity contribution is 5.87. The molecule has 0 atom stereocenters. The second-order valence-corrected chi connectivity index (χ2v) is 2.95. The minimum absolute atomic E-state index is 0.176. The Bertz CT molecular complexity index is 430. The van der Waals surface area contributed by atoms with Crippen molar-refractivity contribution in [2.24, 2.45) is 0 Å². The maximum atomic E-state index is 13.3. The molecule has 0 fully saturated rings. The molecule has 86 valence electrons. The zero-order valence-corrected chi connectivity index (χ0v) is 8.67. The van der Waals surface area contributed by atoms with Gasteiger partial charge in [0, 0.05) is 11.6 Å². The second-order valence-electron chi connectivity index (χ2n) is 2.95. The third-order valence-electron chi connectivity index (χ3n) is 1.83. The first-order valence-electron chi connectivity index (χ1n) is 4.64. The Morgan fingerprint density at radius 3 is 2.81 bits per heavy atom. The molecule has 0 amide bonds. The molecule has 0 aliphatic carbocycles. The van der Waals surface area contributed by atoms with Gasteiger partial charge in [-0.2, -0.15) is 0 Å². The molecule has 0 spiro atoms. The minimum Gasteiger partial charge on any atom is -0.463 e. The number of nitrogens with two attached hydrogens (primary N) is 1. The van der Waals surface area contributed by atoms with Crippen molar-refractivity contribution in [1.29, 1.82) is 0 Å². The molecule has 0 aromatic heterocycles. The number of carbonyl (C=O) groups is 1. The summed E-state index contributed by atoms with van der Waals surface area (Å²) in [7, 11) is 0. The van der Waals surface area contributed by atoms with E-state index in [0.29, 0.717) is 0 Å². The molecule has 0 heterocycles. The Balaban J connectivity index is 2.97. The van der Waals surface area contributed by atoms with Crippen molar-refractivity contribution >= 4 is 17.7 Å². The van der Waals surface area contributed by atoms with Gasteiger partial charge in [-0.25, -0.2) is 13.6 Å². The Kier molecular flexibility index (Phi) is 3.99. The highest BCUT2D eigenvalue weighted by Crippen LogP contribution is 2.19. The third kappa shape index (κ3) is 2.79. The fourth-order valence-electron chi connectivity index (χ4n) is 1.08. The first-order chi connectivity index (χ1) is 7.56. The van der Waals surface area contributed by atoms with Crippen LogP contribution >= 0.6 is 0 Å². The van der Waals surface area contributed by atoms with E-state index in [9.17, 15) is 13.6 Å². The van der Waals surface area contributed by atoms with E-state index in [0.717, 1.165) is 24.3 Å². The average molecular weight is 227 g/mol. The Labute approximate surface area is 91.5 Å². The second kappa shape index (κ2) is 5.25. The smallest absolute Gasteiger partial charge is 0.330 e. The molecule has 0 radical (unpaired) electrons. The maximum absolute atomic E-state index is 13.3. The van der Waals surface area contributed by atoms with E-state index in [1.165, 1.54) is 0 Å². The van der Waals surface area contributed by atoms with E-state index in [4.69, 9.17) is 5.73 Å². The molecule has 1 rings (SSSR count). The van der Waals surface area contributed by atoms with Gasteiger partial charge < -0.3 is 10.5 Å². The van der Waals surface area contributed by atoms with Gasteiger partial charge in [-0.3, -0.25) is 0 Å². The number of nitrogen functional groups attached to an aromatic ring is 1. The van der Waals surface area contributed by atoms with Gasteiger partial charge >= 0.3 is 5.97 Å². The van der Waals surface area contributed by atoms with Crippen LogP contribution in [0.1, 0.15) is 12.5 Å². The summed E-state index contributed by atoms with van der Waals surface area (Å²) in [5, 5.41) is 0. The monoisotopic (exact) mass is 227 g/mol. The number of carbonyl (C=O) groups excluding carboxylic acids is 1. The van der Waals surface area contributed by atoms with E-state index >= 15 is 0 Å². The van der Waals surface area contributed by atoms with Gasteiger partial charge in [0.1, 0.15) is 5.82 Å². The summed E-state index contributed by atoms with van der Waals surface area (Å²) in [5.74, 6) is -2.34. The summed E-state index contributed by atoms with van der Waals surface area (Å²) in [6, 6.07) is 2.15. The topological polar surface area (TPSA) is 52.3 Å². The lowest BCUT2D eigenvalue weighted by Crippen LogP contribution is -2.00. The Hall–Kier alpha value is -1.91. The van der Waals surface area contributed by atoms with Crippen molar-refractivity contribution in [3.63, 3.8) is 0 Å². The highest BCUT2D eigenvalue weighted by Gasteiger charge is 2.09. The molecule has 1 aromatic carbocycles. The number of hydrogen-bond donors (Lipinski definition) is 1. The molecule has 0 saturated heterocycles. The summed E-state index contributed by atoms with van der Waals surface area (Å²) < 4.78 is 31.1. The molecule has 0 saturated carbocycles. The Morgan fingerprint density at radius 1 is 1.50 bits per heavy atom. The van der Waals surface area contributed by atoms with Crippen LogP contribution in [0.5, 0.6) is 0 Å². The van der Waals surface area contributed by atoms with Crippen molar-refractivity contribution in [3.8, 4) is 0 Å². The quantitative estimate of drug-likeness (QED) is 0.489. The van der Waals surface area contributed by atoms with Gasteiger partial charge in [0.15, 0.2) is 5.82 Å². The molecule has 0 aliphatic heterocycles. The minimum atomic E-state index is -0.888. The summed E-state index contributed by atoms with van der Waals surface area (Å²) in [5.41, 5.74) is 4.73. The van der Waals surface area contributed by atoms with E-state index in [1.54, 1.807) is 6.92 Å². The van der Waals surface area contributed by atoms with Crippen LogP contribution in [0.2, 0.25) is 0 Å². The van der Waals surface area contributed by atoms with Crippen molar-refractivity contribution in [2.45, 2.75) is 6.92 Å². The number of esters is 1. The van der Waals surface area contributed by atoms with Crippen molar-refractivity contribution < 1.29 is 18.3 Å². The molecule has 5 heteroatoms. The predicted octanol–water partition coefficient (Wildman–Crippen LogP) is 2.12. The normalized spacial score (nSPS) is 10.7. The van der Waals surface area contributed by atoms with Crippen LogP contribution in [0.25, 0.3) is 6.08 Å². The number of ether oxygens (including phenoxy) is 1. The number of benzene rings is 1. The van der Waals surface area contributed by atoms with Crippen LogP contribution in [-0.4, -0.2) is 12.6 Å². The number of halogens is 2. The van der Waals surface area contributed by atoms with Gasteiger partial charge in [0.25, 0.3) is 0 Å². The molecular weight excluding hydrogens is 216 g/mol. The first kappa shape index (κ1) is 12.2. The predicted molar refractivity (Wildman–Crippen MR) is 56.4 cm³/mol. The van der Waals surface area contributed by atoms with Crippen LogP contribution in [-0.2, 0) is 9.53 Å². The van der Waals surface area contributed by atoms with Gasteiger partial charge in [0.2, 0.25) is 0 Å². The van der Waals surface area contributed by atoms with Crippen LogP contribution in [0.3, 0.4) is 0 Å². The van der Waals surface area contributed by atoms with Crippen LogP contribution in [0.15, 0.2) is 18.2 Å². The fraction of sp³-hybridized carbons (Fsp3) is 0.182. The van der Waals surface area contributed by atoms with Gasteiger partial charge in [-0.15, -0.1) is 0 Å². The van der Waals surface area contributed by atoms with Crippen LogP contribution in [0.4, 0.5) is 14.5 Å². The van der Waals surface area contributed by atoms with Gasteiger partial charge in [-0.05, 0) is 25.1 Å². The summed E-state index contributed by atoms with van der Waals surface area (Å²) in [6.45, 7) is 1.83. The molecule has 0 bridgehead atoms. The van der Waals surface area contributed by atoms with Gasteiger partial charge in [0.05, 0.1) is 12.3 Å². The largest absolute Gasteiger partial charge is 0.463 e. The molecule has 0 unspecified atom stereocenters. The van der Waals surface area contributed by atoms with Crippen molar-refractivity contribution in [3.05, 3.63) is 35.4 Å². The maximum Gasteiger partial charge on any atom is 0.330 e. The highest BCUT2D eigenvalue weighted by atomic mass is 19.1. The molecule has 16 heavy (non-hydrogen) atoms.